The van der Waals surface area contributed by atoms with Crippen molar-refractivity contribution in [1.82, 2.24) is 14.9 Å². The molecule has 1 N–H and O–H groups in total. The summed E-state index contributed by atoms with van der Waals surface area (Å²) in [6, 6.07) is 7.15. The van der Waals surface area contributed by atoms with Crippen molar-refractivity contribution in [2.75, 3.05) is 6.54 Å². The molecule has 2 aromatic rings. The Morgan fingerprint density at radius 2 is 2.12 bits per heavy atom. The molecule has 0 aliphatic heterocycles. The zero-order valence-corrected chi connectivity index (χ0v) is 9.89. The summed E-state index contributed by atoms with van der Waals surface area (Å²) in [7, 11) is 0. The predicted molar refractivity (Wildman–Crippen MR) is 66.0 cm³/mol. The highest BCUT2D eigenvalue weighted by Gasteiger charge is 2.04. The molecule has 0 spiro atoms. The maximum absolute atomic E-state index is 11.7. The second-order valence-corrected chi connectivity index (χ2v) is 3.93. The van der Waals surface area contributed by atoms with E-state index in [1.54, 1.807) is 12.1 Å². The molecular weight excluding hydrogens is 238 g/mol. The van der Waals surface area contributed by atoms with Gasteiger partial charge < -0.3 is 9.88 Å². The van der Waals surface area contributed by atoms with Crippen LogP contribution in [0.1, 0.15) is 10.4 Å². The van der Waals surface area contributed by atoms with Crippen LogP contribution < -0.4 is 5.32 Å². The summed E-state index contributed by atoms with van der Waals surface area (Å²) < 4.78 is 2.00. The lowest BCUT2D eigenvalue weighted by molar-refractivity contribution is 0.0952. The van der Waals surface area contributed by atoms with Gasteiger partial charge in [0.1, 0.15) is 5.15 Å². The summed E-state index contributed by atoms with van der Waals surface area (Å²) in [6.07, 6.45) is 5.37. The van der Waals surface area contributed by atoms with Crippen LogP contribution in [0.15, 0.2) is 42.9 Å². The molecule has 0 bridgehead atoms. The number of aromatic nitrogens is 2. The van der Waals surface area contributed by atoms with Crippen LogP contribution in [0.3, 0.4) is 0 Å². The Labute approximate surface area is 104 Å². The number of hydrogen-bond acceptors (Lipinski definition) is 2. The Morgan fingerprint density at radius 1 is 1.35 bits per heavy atom. The van der Waals surface area contributed by atoms with Gasteiger partial charge in [-0.25, -0.2) is 4.98 Å². The van der Waals surface area contributed by atoms with Gasteiger partial charge in [-0.3, -0.25) is 4.79 Å². The number of halogens is 1. The largest absolute Gasteiger partial charge is 0.353 e. The Hall–Kier alpha value is -1.81. The van der Waals surface area contributed by atoms with Crippen LogP contribution in [0.4, 0.5) is 0 Å². The van der Waals surface area contributed by atoms with Crippen LogP contribution in [0, 0.1) is 0 Å². The van der Waals surface area contributed by atoms with Gasteiger partial charge in [-0.05, 0) is 24.3 Å². The normalized spacial score (nSPS) is 10.2. The fourth-order valence-corrected chi connectivity index (χ4v) is 1.54. The van der Waals surface area contributed by atoms with Gasteiger partial charge in [0.25, 0.3) is 5.91 Å². The topological polar surface area (TPSA) is 46.9 Å². The number of hydrogen-bond donors (Lipinski definition) is 1. The number of carbonyl (C=O) groups is 1. The molecule has 2 aromatic heterocycles. The second-order valence-electron chi connectivity index (χ2n) is 3.55. The minimum Gasteiger partial charge on any atom is -0.353 e. The Bertz CT molecular complexity index is 479. The average Bonchev–Trinajstić information content (AvgIpc) is 2.83. The molecule has 0 aliphatic rings. The van der Waals surface area contributed by atoms with E-state index in [2.05, 4.69) is 10.3 Å². The molecule has 1 amide bonds. The molecule has 0 saturated heterocycles. The van der Waals surface area contributed by atoms with E-state index in [1.807, 2.05) is 29.1 Å². The van der Waals surface area contributed by atoms with Crippen molar-refractivity contribution < 1.29 is 4.79 Å². The quantitative estimate of drug-likeness (QED) is 0.842. The molecule has 2 rings (SSSR count). The first-order chi connectivity index (χ1) is 8.25. The van der Waals surface area contributed by atoms with E-state index in [4.69, 9.17) is 11.6 Å². The summed E-state index contributed by atoms with van der Waals surface area (Å²) in [5.41, 5.74) is 0.516. The summed E-state index contributed by atoms with van der Waals surface area (Å²) in [5, 5.41) is 3.20. The molecule has 4 nitrogen and oxygen atoms in total. The van der Waals surface area contributed by atoms with E-state index in [1.165, 1.54) is 6.20 Å². The van der Waals surface area contributed by atoms with E-state index >= 15 is 0 Å². The first kappa shape index (κ1) is 11.7. The third-order valence-electron chi connectivity index (χ3n) is 2.31. The van der Waals surface area contributed by atoms with Crippen molar-refractivity contribution in [3.63, 3.8) is 0 Å². The van der Waals surface area contributed by atoms with Gasteiger partial charge in [-0.1, -0.05) is 11.6 Å². The van der Waals surface area contributed by atoms with Gasteiger partial charge in [-0.15, -0.1) is 0 Å². The molecular formula is C12H12ClN3O. The fraction of sp³-hybridized carbons (Fsp3) is 0.167. The predicted octanol–water partition coefficient (Wildman–Crippen LogP) is 1.97. The lowest BCUT2D eigenvalue weighted by Crippen LogP contribution is -2.27. The molecule has 5 heteroatoms. The Balaban J connectivity index is 1.83. The summed E-state index contributed by atoms with van der Waals surface area (Å²) in [4.78, 5) is 15.5. The van der Waals surface area contributed by atoms with Crippen molar-refractivity contribution in [3.8, 4) is 0 Å². The van der Waals surface area contributed by atoms with Gasteiger partial charge in [0.15, 0.2) is 0 Å². The molecule has 17 heavy (non-hydrogen) atoms. The van der Waals surface area contributed by atoms with E-state index in [0.29, 0.717) is 17.3 Å². The third kappa shape index (κ3) is 3.32. The van der Waals surface area contributed by atoms with Crippen molar-refractivity contribution in [3.05, 3.63) is 53.6 Å². The van der Waals surface area contributed by atoms with Crippen molar-refractivity contribution in [2.24, 2.45) is 0 Å². The Morgan fingerprint density at radius 3 is 2.76 bits per heavy atom. The summed E-state index contributed by atoms with van der Waals surface area (Å²) in [5.74, 6) is -0.138. The van der Waals surface area contributed by atoms with Crippen LogP contribution in [0.5, 0.6) is 0 Å². The van der Waals surface area contributed by atoms with Gasteiger partial charge in [0.2, 0.25) is 0 Å². The van der Waals surface area contributed by atoms with Crippen LogP contribution >= 0.6 is 11.6 Å². The number of rotatable bonds is 4. The molecule has 0 fully saturated rings. The molecule has 0 aliphatic carbocycles. The molecule has 2 heterocycles. The van der Waals surface area contributed by atoms with Crippen molar-refractivity contribution in [2.45, 2.75) is 6.54 Å². The van der Waals surface area contributed by atoms with Crippen LogP contribution in [-0.4, -0.2) is 22.0 Å². The number of carbonyl (C=O) groups excluding carboxylic acids is 1. The van der Waals surface area contributed by atoms with Gasteiger partial charge in [0.05, 0.1) is 5.56 Å². The highest BCUT2D eigenvalue weighted by atomic mass is 35.5. The first-order valence-electron chi connectivity index (χ1n) is 5.26. The maximum Gasteiger partial charge on any atom is 0.252 e. The second kappa shape index (κ2) is 5.50. The van der Waals surface area contributed by atoms with Crippen LogP contribution in [0.25, 0.3) is 0 Å². The lowest BCUT2D eigenvalue weighted by atomic mass is 10.3. The van der Waals surface area contributed by atoms with E-state index in [9.17, 15) is 4.79 Å². The maximum atomic E-state index is 11.7. The minimum atomic E-state index is -0.138. The molecule has 0 radical (unpaired) electrons. The van der Waals surface area contributed by atoms with Gasteiger partial charge in [-0.2, -0.15) is 0 Å². The zero-order chi connectivity index (χ0) is 12.1. The SMILES string of the molecule is O=C(NCCn1cccc1)c1ccc(Cl)nc1. The first-order valence-corrected chi connectivity index (χ1v) is 5.64. The van der Waals surface area contributed by atoms with E-state index in [-0.39, 0.29) is 5.91 Å². The van der Waals surface area contributed by atoms with Crippen LogP contribution in [0.2, 0.25) is 5.15 Å². The van der Waals surface area contributed by atoms with Gasteiger partial charge >= 0.3 is 0 Å². The monoisotopic (exact) mass is 249 g/mol. The lowest BCUT2D eigenvalue weighted by Gasteiger charge is -2.05. The minimum absolute atomic E-state index is 0.138. The molecule has 0 saturated carbocycles. The van der Waals surface area contributed by atoms with Gasteiger partial charge in [0, 0.05) is 31.7 Å². The number of nitrogens with one attached hydrogen (secondary N) is 1. The molecule has 0 atom stereocenters. The number of amides is 1. The number of nitrogens with zero attached hydrogens (tertiary/aromatic N) is 2. The Kier molecular flexibility index (Phi) is 3.77. The van der Waals surface area contributed by atoms with E-state index < -0.39 is 0 Å². The summed E-state index contributed by atoms with van der Waals surface area (Å²) in [6.45, 7) is 1.33. The molecule has 88 valence electrons. The summed E-state index contributed by atoms with van der Waals surface area (Å²) >= 11 is 5.64. The average molecular weight is 250 g/mol. The highest BCUT2D eigenvalue weighted by molar-refractivity contribution is 6.29. The molecule has 0 aromatic carbocycles. The van der Waals surface area contributed by atoms with E-state index in [0.717, 1.165) is 6.54 Å². The number of pyridine rings is 1. The molecule has 0 unspecified atom stereocenters. The van der Waals surface area contributed by atoms with Crippen LogP contribution in [-0.2, 0) is 6.54 Å². The third-order valence-corrected chi connectivity index (χ3v) is 2.53. The smallest absolute Gasteiger partial charge is 0.252 e. The highest BCUT2D eigenvalue weighted by Crippen LogP contribution is 2.04. The van der Waals surface area contributed by atoms with Crippen molar-refractivity contribution >= 4 is 17.5 Å². The standard InChI is InChI=1S/C12H12ClN3O/c13-11-4-3-10(9-15-11)12(17)14-5-8-16-6-1-2-7-16/h1-4,6-7,9H,5,8H2,(H,14,17). The van der Waals surface area contributed by atoms with Crippen molar-refractivity contribution in [1.29, 1.82) is 0 Å². The fourth-order valence-electron chi connectivity index (χ4n) is 1.43. The zero-order valence-electron chi connectivity index (χ0n) is 9.14.